The van der Waals surface area contributed by atoms with Crippen LogP contribution in [0.25, 0.3) is 0 Å². The molecule has 0 amide bonds. The fraction of sp³-hybridized carbons (Fsp3) is 0.438. The van der Waals surface area contributed by atoms with Crippen LogP contribution in [-0.4, -0.2) is 19.4 Å². The summed E-state index contributed by atoms with van der Waals surface area (Å²) < 4.78 is 26.4. The van der Waals surface area contributed by atoms with Crippen molar-refractivity contribution in [1.82, 2.24) is 15.0 Å². The van der Waals surface area contributed by atoms with E-state index >= 15 is 0 Å². The van der Waals surface area contributed by atoms with Crippen molar-refractivity contribution in [3.05, 3.63) is 51.5 Å². The molecule has 0 spiro atoms. The highest BCUT2D eigenvalue weighted by molar-refractivity contribution is 7.88. The van der Waals surface area contributed by atoms with E-state index in [4.69, 9.17) is 0 Å². The van der Waals surface area contributed by atoms with Gasteiger partial charge in [-0.3, -0.25) is 0 Å². The number of aryl methyl sites for hydroxylation is 1. The zero-order valence-electron chi connectivity index (χ0n) is 13.7. The summed E-state index contributed by atoms with van der Waals surface area (Å²) in [5, 5.41) is 6.46. The molecule has 0 aliphatic heterocycles. The van der Waals surface area contributed by atoms with Crippen LogP contribution in [0.3, 0.4) is 0 Å². The van der Waals surface area contributed by atoms with Gasteiger partial charge in [-0.05, 0) is 31.9 Å². The molecule has 0 unspecified atom stereocenters. The molecule has 0 saturated carbocycles. The summed E-state index contributed by atoms with van der Waals surface area (Å²) in [4.78, 5) is 4.40. The molecule has 1 aromatic heterocycles. The van der Waals surface area contributed by atoms with E-state index in [1.54, 1.807) is 11.3 Å². The first-order valence-corrected chi connectivity index (χ1v) is 10.1. The SMILES string of the molecule is Cc1nc(CNCc2ccc(CS(=O)(=O)NC(C)C)cc2)cs1. The first-order valence-electron chi connectivity index (χ1n) is 7.53. The van der Waals surface area contributed by atoms with Crippen molar-refractivity contribution in [3.8, 4) is 0 Å². The van der Waals surface area contributed by atoms with Crippen molar-refractivity contribution in [2.24, 2.45) is 0 Å². The summed E-state index contributed by atoms with van der Waals surface area (Å²) in [6, 6.07) is 7.56. The Morgan fingerprint density at radius 3 is 2.35 bits per heavy atom. The van der Waals surface area contributed by atoms with Crippen molar-refractivity contribution in [2.75, 3.05) is 0 Å². The van der Waals surface area contributed by atoms with Crippen LogP contribution in [0.15, 0.2) is 29.6 Å². The number of thiazole rings is 1. The van der Waals surface area contributed by atoms with Gasteiger partial charge in [0.1, 0.15) is 0 Å². The molecule has 5 nitrogen and oxygen atoms in total. The van der Waals surface area contributed by atoms with Gasteiger partial charge < -0.3 is 5.32 Å². The van der Waals surface area contributed by atoms with Crippen LogP contribution in [0.4, 0.5) is 0 Å². The number of benzene rings is 1. The number of nitrogens with zero attached hydrogens (tertiary/aromatic N) is 1. The molecule has 2 rings (SSSR count). The first kappa shape index (κ1) is 18.1. The second-order valence-corrected chi connectivity index (χ2v) is 8.63. The number of nitrogens with one attached hydrogen (secondary N) is 2. The summed E-state index contributed by atoms with van der Waals surface area (Å²) in [6.07, 6.45) is 0. The van der Waals surface area contributed by atoms with E-state index in [-0.39, 0.29) is 11.8 Å². The minimum Gasteiger partial charge on any atom is -0.307 e. The minimum absolute atomic E-state index is 0.0109. The zero-order valence-corrected chi connectivity index (χ0v) is 15.3. The molecule has 0 saturated heterocycles. The molecule has 0 atom stereocenters. The van der Waals surface area contributed by atoms with E-state index < -0.39 is 10.0 Å². The van der Waals surface area contributed by atoms with Crippen LogP contribution in [-0.2, 0) is 28.9 Å². The highest BCUT2D eigenvalue weighted by Gasteiger charge is 2.12. The molecule has 0 aliphatic carbocycles. The van der Waals surface area contributed by atoms with Gasteiger partial charge in [-0.1, -0.05) is 24.3 Å². The predicted molar refractivity (Wildman–Crippen MR) is 94.7 cm³/mol. The summed E-state index contributed by atoms with van der Waals surface area (Å²) >= 11 is 1.65. The third kappa shape index (κ3) is 6.39. The lowest BCUT2D eigenvalue weighted by atomic mass is 10.1. The molecule has 0 fully saturated rings. The van der Waals surface area contributed by atoms with Crippen molar-refractivity contribution in [1.29, 1.82) is 0 Å². The third-order valence-electron chi connectivity index (χ3n) is 3.10. The molecule has 23 heavy (non-hydrogen) atoms. The Hall–Kier alpha value is -1.28. The van der Waals surface area contributed by atoms with Gasteiger partial charge in [0.25, 0.3) is 0 Å². The standard InChI is InChI=1S/C16H23N3O2S2/c1-12(2)19-23(20,21)11-15-6-4-14(5-7-15)8-17-9-16-10-22-13(3)18-16/h4-7,10,12,17,19H,8-9,11H2,1-3H3. The topological polar surface area (TPSA) is 71.1 Å². The Morgan fingerprint density at radius 1 is 1.13 bits per heavy atom. The molecule has 1 heterocycles. The quantitative estimate of drug-likeness (QED) is 0.765. The Labute approximate surface area is 142 Å². The fourth-order valence-corrected chi connectivity index (χ4v) is 4.24. The van der Waals surface area contributed by atoms with Crippen molar-refractivity contribution in [3.63, 3.8) is 0 Å². The van der Waals surface area contributed by atoms with Crippen molar-refractivity contribution < 1.29 is 8.42 Å². The Morgan fingerprint density at radius 2 is 1.78 bits per heavy atom. The van der Waals surface area contributed by atoms with Crippen molar-refractivity contribution >= 4 is 21.4 Å². The van der Waals surface area contributed by atoms with Gasteiger partial charge in [-0.25, -0.2) is 18.1 Å². The largest absolute Gasteiger partial charge is 0.307 e. The molecular weight excluding hydrogens is 330 g/mol. The maximum absolute atomic E-state index is 11.9. The zero-order chi connectivity index (χ0) is 16.9. The van der Waals surface area contributed by atoms with Gasteiger partial charge in [0.05, 0.1) is 16.5 Å². The average molecular weight is 354 g/mol. The van der Waals surface area contributed by atoms with Crippen LogP contribution < -0.4 is 10.0 Å². The number of sulfonamides is 1. The smallest absolute Gasteiger partial charge is 0.216 e. The number of hydrogen-bond acceptors (Lipinski definition) is 5. The van der Waals surface area contributed by atoms with Gasteiger partial charge in [0, 0.05) is 24.5 Å². The Balaban J connectivity index is 1.84. The first-order chi connectivity index (χ1) is 10.8. The van der Waals surface area contributed by atoms with Gasteiger partial charge in [0.15, 0.2) is 0 Å². The summed E-state index contributed by atoms with van der Waals surface area (Å²) in [5.74, 6) is 0.0109. The molecular formula is C16H23N3O2S2. The van der Waals surface area contributed by atoms with Crippen molar-refractivity contribution in [2.45, 2.75) is 45.7 Å². The summed E-state index contributed by atoms with van der Waals surface area (Å²) in [5.41, 5.74) is 2.96. The van der Waals surface area contributed by atoms with Gasteiger partial charge in [0.2, 0.25) is 10.0 Å². The van der Waals surface area contributed by atoms with Crippen LogP contribution in [0.5, 0.6) is 0 Å². The lowest BCUT2D eigenvalue weighted by Gasteiger charge is -2.10. The van der Waals surface area contributed by atoms with E-state index in [9.17, 15) is 8.42 Å². The molecule has 1 aromatic carbocycles. The Kier molecular flexibility index (Phi) is 6.29. The number of aromatic nitrogens is 1. The highest BCUT2D eigenvalue weighted by Crippen LogP contribution is 2.10. The van der Waals surface area contributed by atoms with E-state index in [0.717, 1.165) is 34.9 Å². The van der Waals surface area contributed by atoms with Gasteiger partial charge in [-0.15, -0.1) is 11.3 Å². The van der Waals surface area contributed by atoms with Gasteiger partial charge in [-0.2, -0.15) is 0 Å². The normalized spacial score (nSPS) is 12.0. The Bertz CT molecular complexity index is 722. The van der Waals surface area contributed by atoms with E-state index in [1.807, 2.05) is 45.0 Å². The molecule has 2 N–H and O–H groups in total. The molecule has 0 radical (unpaired) electrons. The minimum atomic E-state index is -3.27. The monoisotopic (exact) mass is 353 g/mol. The second-order valence-electron chi connectivity index (χ2n) is 5.81. The molecule has 0 bridgehead atoms. The summed E-state index contributed by atoms with van der Waals surface area (Å²) in [7, 11) is -3.27. The maximum atomic E-state index is 11.9. The molecule has 126 valence electrons. The van der Waals surface area contributed by atoms with Crippen LogP contribution >= 0.6 is 11.3 Å². The maximum Gasteiger partial charge on any atom is 0.216 e. The fourth-order valence-electron chi connectivity index (χ4n) is 2.20. The third-order valence-corrected chi connectivity index (χ3v) is 5.46. The van der Waals surface area contributed by atoms with Gasteiger partial charge >= 0.3 is 0 Å². The van der Waals surface area contributed by atoms with E-state index in [2.05, 4.69) is 20.4 Å². The molecule has 0 aliphatic rings. The highest BCUT2D eigenvalue weighted by atomic mass is 32.2. The lowest BCUT2D eigenvalue weighted by molar-refractivity contribution is 0.569. The summed E-state index contributed by atoms with van der Waals surface area (Å²) in [6.45, 7) is 7.09. The number of rotatable bonds is 8. The number of hydrogen-bond donors (Lipinski definition) is 2. The average Bonchev–Trinajstić information content (AvgIpc) is 2.84. The van der Waals surface area contributed by atoms with Crippen LogP contribution in [0.1, 0.15) is 35.7 Å². The van der Waals surface area contributed by atoms with E-state index in [0.29, 0.717) is 0 Å². The van der Waals surface area contributed by atoms with Crippen LogP contribution in [0.2, 0.25) is 0 Å². The molecule has 7 heteroatoms. The molecule has 2 aromatic rings. The second kappa shape index (κ2) is 8.01. The van der Waals surface area contributed by atoms with Crippen LogP contribution in [0, 0.1) is 6.92 Å². The predicted octanol–water partition coefficient (Wildman–Crippen LogP) is 2.57. The van der Waals surface area contributed by atoms with E-state index in [1.165, 1.54) is 0 Å². The lowest BCUT2D eigenvalue weighted by Crippen LogP contribution is -2.31.